The highest BCUT2D eigenvalue weighted by atomic mass is 32.1. The summed E-state index contributed by atoms with van der Waals surface area (Å²) in [6, 6.07) is 4.27. The molecule has 8 heteroatoms. The zero-order valence-corrected chi connectivity index (χ0v) is 18.1. The molecule has 0 spiro atoms. The summed E-state index contributed by atoms with van der Waals surface area (Å²) in [5.74, 6) is 2.79. The molecule has 2 atom stereocenters. The lowest BCUT2D eigenvalue weighted by Crippen LogP contribution is -2.35. The number of fused-ring (bicyclic) bond motifs is 1. The van der Waals surface area contributed by atoms with Crippen molar-refractivity contribution in [2.24, 2.45) is 5.92 Å². The number of anilines is 1. The molecule has 0 amide bonds. The summed E-state index contributed by atoms with van der Waals surface area (Å²) in [7, 11) is 0. The van der Waals surface area contributed by atoms with E-state index in [9.17, 15) is 0 Å². The number of pyridine rings is 1. The quantitative estimate of drug-likeness (QED) is 0.617. The van der Waals surface area contributed by atoms with Crippen molar-refractivity contribution in [3.8, 4) is 17.4 Å². The van der Waals surface area contributed by atoms with Gasteiger partial charge in [-0.25, -0.2) is 15.0 Å². The van der Waals surface area contributed by atoms with Crippen LogP contribution in [-0.2, 0) is 11.2 Å². The number of ether oxygens (including phenoxy) is 2. The first kappa shape index (κ1) is 19.4. The predicted octanol–water partition coefficient (Wildman–Crippen LogP) is 3.84. The molecule has 3 aromatic heterocycles. The minimum absolute atomic E-state index is 0.142. The molecule has 2 unspecified atom stereocenters. The Morgan fingerprint density at radius 3 is 3.00 bits per heavy atom. The molecule has 2 aliphatic rings. The van der Waals surface area contributed by atoms with Gasteiger partial charge >= 0.3 is 0 Å². The van der Waals surface area contributed by atoms with Crippen molar-refractivity contribution in [3.05, 3.63) is 46.0 Å². The van der Waals surface area contributed by atoms with Gasteiger partial charge in [0, 0.05) is 48.7 Å². The van der Waals surface area contributed by atoms with E-state index in [1.807, 2.05) is 23.2 Å². The molecular weight excluding hydrogens is 398 g/mol. The summed E-state index contributed by atoms with van der Waals surface area (Å²) in [4.78, 5) is 20.8. The lowest BCUT2D eigenvalue weighted by molar-refractivity contribution is 0.165. The fraction of sp³-hybridized carbons (Fsp3) is 0.455. The smallest absolute Gasteiger partial charge is 0.215 e. The Labute approximate surface area is 180 Å². The van der Waals surface area contributed by atoms with Gasteiger partial charge in [0.05, 0.1) is 30.5 Å². The van der Waals surface area contributed by atoms with E-state index in [0.29, 0.717) is 24.2 Å². The Morgan fingerprint density at radius 2 is 2.20 bits per heavy atom. The maximum Gasteiger partial charge on any atom is 0.215 e. The van der Waals surface area contributed by atoms with Gasteiger partial charge in [-0.2, -0.15) is 4.98 Å². The molecule has 0 bridgehead atoms. The Kier molecular flexibility index (Phi) is 5.35. The molecule has 156 valence electrons. The average molecular weight is 424 g/mol. The summed E-state index contributed by atoms with van der Waals surface area (Å²) in [5, 5.41) is 1.98. The van der Waals surface area contributed by atoms with Crippen LogP contribution < -0.4 is 9.64 Å². The van der Waals surface area contributed by atoms with Crippen molar-refractivity contribution in [2.45, 2.75) is 32.7 Å². The summed E-state index contributed by atoms with van der Waals surface area (Å²) in [6.07, 6.45) is 3.85. The van der Waals surface area contributed by atoms with E-state index < -0.39 is 0 Å². The van der Waals surface area contributed by atoms with E-state index in [0.717, 1.165) is 60.9 Å². The number of aryl methyl sites for hydroxylation is 1. The zero-order valence-electron chi connectivity index (χ0n) is 17.2. The minimum atomic E-state index is 0.142. The maximum atomic E-state index is 6.02. The van der Waals surface area contributed by atoms with Gasteiger partial charge in [0.25, 0.3) is 0 Å². The second kappa shape index (κ2) is 8.28. The van der Waals surface area contributed by atoms with Crippen LogP contribution in [0, 0.1) is 12.8 Å². The number of rotatable bonds is 5. The Hall–Kier alpha value is -2.58. The monoisotopic (exact) mass is 423 g/mol. The van der Waals surface area contributed by atoms with Gasteiger partial charge in [-0.15, -0.1) is 11.3 Å². The van der Waals surface area contributed by atoms with E-state index in [-0.39, 0.29) is 6.04 Å². The first-order valence-electron chi connectivity index (χ1n) is 10.4. The number of nitrogens with zero attached hydrogens (tertiary/aromatic N) is 5. The second-order valence-electron chi connectivity index (χ2n) is 7.97. The highest BCUT2D eigenvalue weighted by Gasteiger charge is 2.27. The molecule has 3 aromatic rings. The van der Waals surface area contributed by atoms with E-state index >= 15 is 0 Å². The Bertz CT molecular complexity index is 1020. The van der Waals surface area contributed by atoms with Crippen LogP contribution in [0.4, 0.5) is 5.82 Å². The SMILES string of the molecule is Cc1cc(OCC2CCOC2)nc(N2CCc3nc(-c4cscn4)ncc3C2C)c1. The van der Waals surface area contributed by atoms with Gasteiger partial charge in [-0.1, -0.05) is 0 Å². The van der Waals surface area contributed by atoms with Gasteiger partial charge in [-0.3, -0.25) is 0 Å². The van der Waals surface area contributed by atoms with Gasteiger partial charge in [0.1, 0.15) is 11.5 Å². The lowest BCUT2D eigenvalue weighted by Gasteiger charge is -2.35. The summed E-state index contributed by atoms with van der Waals surface area (Å²) in [6.45, 7) is 7.39. The third kappa shape index (κ3) is 3.89. The van der Waals surface area contributed by atoms with Crippen LogP contribution in [0.25, 0.3) is 11.5 Å². The molecule has 1 fully saturated rings. The van der Waals surface area contributed by atoms with Crippen LogP contribution in [0.2, 0.25) is 0 Å². The van der Waals surface area contributed by atoms with Gasteiger partial charge in [0.2, 0.25) is 5.88 Å². The molecule has 0 aliphatic carbocycles. The van der Waals surface area contributed by atoms with E-state index in [1.54, 1.807) is 11.3 Å². The van der Waals surface area contributed by atoms with Crippen molar-refractivity contribution in [3.63, 3.8) is 0 Å². The summed E-state index contributed by atoms with van der Waals surface area (Å²) in [5.41, 5.74) is 6.04. The Balaban J connectivity index is 1.36. The van der Waals surface area contributed by atoms with Crippen LogP contribution in [0.5, 0.6) is 5.88 Å². The highest BCUT2D eigenvalue weighted by Crippen LogP contribution is 2.33. The molecule has 5 rings (SSSR count). The van der Waals surface area contributed by atoms with Crippen molar-refractivity contribution in [1.82, 2.24) is 19.9 Å². The van der Waals surface area contributed by atoms with Crippen LogP contribution in [0.1, 0.15) is 36.2 Å². The van der Waals surface area contributed by atoms with Crippen LogP contribution in [-0.4, -0.2) is 46.3 Å². The number of hydrogen-bond acceptors (Lipinski definition) is 8. The molecule has 0 N–H and O–H groups in total. The van der Waals surface area contributed by atoms with E-state index in [1.165, 1.54) is 0 Å². The normalized spacial score (nSPS) is 20.9. The standard InChI is InChI=1S/C22H25N5O2S/c1-14-7-20(26-21(8-14)29-11-16-4-6-28-10-16)27-5-3-18-17(15(27)2)9-23-22(25-18)19-12-30-13-24-19/h7-9,12-13,15-16H,3-6,10-11H2,1-2H3. The predicted molar refractivity (Wildman–Crippen MR) is 116 cm³/mol. The zero-order chi connectivity index (χ0) is 20.5. The van der Waals surface area contributed by atoms with E-state index in [4.69, 9.17) is 19.4 Å². The minimum Gasteiger partial charge on any atom is -0.477 e. The fourth-order valence-electron chi connectivity index (χ4n) is 4.08. The molecule has 0 radical (unpaired) electrons. The molecule has 0 aromatic carbocycles. The third-order valence-electron chi connectivity index (χ3n) is 5.79. The fourth-order valence-corrected chi connectivity index (χ4v) is 4.61. The average Bonchev–Trinajstić information content (AvgIpc) is 3.46. The summed E-state index contributed by atoms with van der Waals surface area (Å²) < 4.78 is 11.5. The number of thiazole rings is 1. The van der Waals surface area contributed by atoms with Crippen molar-refractivity contribution in [1.29, 1.82) is 0 Å². The van der Waals surface area contributed by atoms with Gasteiger partial charge in [0.15, 0.2) is 5.82 Å². The maximum absolute atomic E-state index is 6.02. The molecular formula is C22H25N5O2S. The first-order chi connectivity index (χ1) is 14.7. The largest absolute Gasteiger partial charge is 0.477 e. The molecule has 2 aliphatic heterocycles. The van der Waals surface area contributed by atoms with Gasteiger partial charge in [-0.05, 0) is 31.9 Å². The number of aromatic nitrogens is 4. The van der Waals surface area contributed by atoms with Gasteiger partial charge < -0.3 is 14.4 Å². The topological polar surface area (TPSA) is 73.3 Å². The molecule has 0 saturated carbocycles. The van der Waals surface area contributed by atoms with E-state index in [2.05, 4.69) is 34.8 Å². The first-order valence-corrected chi connectivity index (χ1v) is 11.3. The highest BCUT2D eigenvalue weighted by molar-refractivity contribution is 7.07. The van der Waals surface area contributed by atoms with Crippen molar-refractivity contribution < 1.29 is 9.47 Å². The van der Waals surface area contributed by atoms with Crippen LogP contribution in [0.3, 0.4) is 0 Å². The second-order valence-corrected chi connectivity index (χ2v) is 8.69. The molecule has 7 nitrogen and oxygen atoms in total. The molecule has 5 heterocycles. The van der Waals surface area contributed by atoms with Crippen LogP contribution >= 0.6 is 11.3 Å². The van der Waals surface area contributed by atoms with Crippen molar-refractivity contribution >= 4 is 17.2 Å². The lowest BCUT2D eigenvalue weighted by atomic mass is 9.99. The van der Waals surface area contributed by atoms with Crippen LogP contribution in [0.15, 0.2) is 29.2 Å². The van der Waals surface area contributed by atoms with Crippen molar-refractivity contribution in [2.75, 3.05) is 31.3 Å². The third-order valence-corrected chi connectivity index (χ3v) is 6.37. The number of hydrogen-bond donors (Lipinski definition) is 0. The molecule has 30 heavy (non-hydrogen) atoms. The Morgan fingerprint density at radius 1 is 1.27 bits per heavy atom. The molecule has 1 saturated heterocycles. The summed E-state index contributed by atoms with van der Waals surface area (Å²) >= 11 is 1.56.